The van der Waals surface area contributed by atoms with Crippen LogP contribution in [-0.2, 0) is 11.3 Å². The summed E-state index contributed by atoms with van der Waals surface area (Å²) >= 11 is 0. The van der Waals surface area contributed by atoms with Gasteiger partial charge in [0.25, 0.3) is 0 Å². The first-order valence-electron chi connectivity index (χ1n) is 6.27. The van der Waals surface area contributed by atoms with Crippen molar-refractivity contribution in [2.75, 3.05) is 13.7 Å². The van der Waals surface area contributed by atoms with Crippen molar-refractivity contribution in [2.45, 2.75) is 33.2 Å². The average molecular weight is 268 g/mol. The molecule has 2 N–H and O–H groups in total. The maximum absolute atomic E-state index is 11.4. The van der Waals surface area contributed by atoms with Gasteiger partial charge in [-0.2, -0.15) is 0 Å². The lowest BCUT2D eigenvalue weighted by molar-refractivity contribution is 0.0599. The maximum atomic E-state index is 11.4. The van der Waals surface area contributed by atoms with Crippen molar-refractivity contribution in [1.82, 2.24) is 10.6 Å². The summed E-state index contributed by atoms with van der Waals surface area (Å²) in [5.74, 6) is 0.554. The molecule has 0 spiro atoms. The number of methoxy groups -OCH3 is 1. The second-order valence-electron chi connectivity index (χ2n) is 4.14. The zero-order valence-electron chi connectivity index (χ0n) is 11.5. The number of urea groups is 1. The second-order valence-corrected chi connectivity index (χ2v) is 4.14. The van der Waals surface area contributed by atoms with Gasteiger partial charge in [-0.25, -0.2) is 9.59 Å². The third-order valence-electron chi connectivity index (χ3n) is 2.61. The fraction of sp³-hybridized carbons (Fsp3) is 0.538. The lowest BCUT2D eigenvalue weighted by Crippen LogP contribution is -2.35. The highest BCUT2D eigenvalue weighted by atomic mass is 16.5. The largest absolute Gasteiger partial charge is 0.465 e. The predicted octanol–water partition coefficient (Wildman–Crippen LogP) is 1.97. The van der Waals surface area contributed by atoms with Gasteiger partial charge in [-0.05, 0) is 19.4 Å². The van der Waals surface area contributed by atoms with E-state index in [0.29, 0.717) is 23.6 Å². The van der Waals surface area contributed by atoms with Crippen molar-refractivity contribution >= 4 is 12.0 Å². The van der Waals surface area contributed by atoms with Gasteiger partial charge in [0.2, 0.25) is 0 Å². The van der Waals surface area contributed by atoms with Gasteiger partial charge in [-0.15, -0.1) is 0 Å². The van der Waals surface area contributed by atoms with E-state index in [1.165, 1.54) is 7.11 Å². The number of carbonyl (C=O) groups excluding carboxylic acids is 2. The zero-order chi connectivity index (χ0) is 14.3. The van der Waals surface area contributed by atoms with Crippen molar-refractivity contribution in [3.05, 3.63) is 23.2 Å². The maximum Gasteiger partial charge on any atom is 0.341 e. The number of hydrogen-bond donors (Lipinski definition) is 2. The predicted molar refractivity (Wildman–Crippen MR) is 69.9 cm³/mol. The molecule has 0 saturated heterocycles. The summed E-state index contributed by atoms with van der Waals surface area (Å²) in [6, 6.07) is 1.33. The number of hydrogen-bond acceptors (Lipinski definition) is 4. The van der Waals surface area contributed by atoms with E-state index >= 15 is 0 Å². The third kappa shape index (κ3) is 4.65. The van der Waals surface area contributed by atoms with E-state index in [2.05, 4.69) is 22.3 Å². The van der Waals surface area contributed by atoms with Crippen LogP contribution in [-0.4, -0.2) is 25.7 Å². The quantitative estimate of drug-likeness (QED) is 0.610. The lowest BCUT2D eigenvalue weighted by atomic mass is 10.2. The molecule has 0 aliphatic heterocycles. The molecule has 1 heterocycles. The molecule has 1 rings (SSSR count). The number of ether oxygens (including phenoxy) is 1. The van der Waals surface area contributed by atoms with E-state index < -0.39 is 5.97 Å². The Balaban J connectivity index is 2.45. The molecule has 0 atom stereocenters. The van der Waals surface area contributed by atoms with Crippen LogP contribution in [0.25, 0.3) is 0 Å². The SMILES string of the molecule is CCCCNC(=O)NCc1cc(C(=O)OC)c(C)o1. The molecule has 0 unspecified atom stereocenters. The Hall–Kier alpha value is -1.98. The van der Waals surface area contributed by atoms with E-state index in [4.69, 9.17) is 4.42 Å². The minimum absolute atomic E-state index is 0.232. The lowest BCUT2D eigenvalue weighted by Gasteiger charge is -2.05. The summed E-state index contributed by atoms with van der Waals surface area (Å²) in [6.07, 6.45) is 1.97. The molecule has 0 fully saturated rings. The van der Waals surface area contributed by atoms with E-state index in [0.717, 1.165) is 12.8 Å². The topological polar surface area (TPSA) is 80.6 Å². The standard InChI is InChI=1S/C13H20N2O4/c1-4-5-6-14-13(17)15-8-10-7-11(9(2)19-10)12(16)18-3/h7H,4-6,8H2,1-3H3,(H2,14,15,17). The van der Waals surface area contributed by atoms with Gasteiger partial charge >= 0.3 is 12.0 Å². The van der Waals surface area contributed by atoms with Gasteiger partial charge in [-0.3, -0.25) is 0 Å². The van der Waals surface area contributed by atoms with Gasteiger partial charge in [0.1, 0.15) is 17.1 Å². The molecular weight excluding hydrogens is 248 g/mol. The summed E-state index contributed by atoms with van der Waals surface area (Å²) in [5, 5.41) is 5.39. The van der Waals surface area contributed by atoms with Crippen molar-refractivity contribution in [1.29, 1.82) is 0 Å². The summed E-state index contributed by atoms with van der Waals surface area (Å²) < 4.78 is 9.99. The number of nitrogens with one attached hydrogen (secondary N) is 2. The molecule has 19 heavy (non-hydrogen) atoms. The van der Waals surface area contributed by atoms with Gasteiger partial charge in [0.05, 0.1) is 13.7 Å². The first-order valence-corrected chi connectivity index (χ1v) is 6.27. The van der Waals surface area contributed by atoms with Crippen LogP contribution in [0.5, 0.6) is 0 Å². The highest BCUT2D eigenvalue weighted by molar-refractivity contribution is 5.90. The molecule has 1 aromatic heterocycles. The minimum atomic E-state index is -0.445. The van der Waals surface area contributed by atoms with Crippen LogP contribution in [0.1, 0.15) is 41.6 Å². The molecular formula is C13H20N2O4. The molecule has 0 saturated carbocycles. The van der Waals surface area contributed by atoms with Crippen LogP contribution in [0.2, 0.25) is 0 Å². The fourth-order valence-corrected chi connectivity index (χ4v) is 1.55. The highest BCUT2D eigenvalue weighted by Gasteiger charge is 2.15. The van der Waals surface area contributed by atoms with Crippen LogP contribution < -0.4 is 10.6 Å². The second kappa shape index (κ2) is 7.45. The van der Waals surface area contributed by atoms with E-state index in [9.17, 15) is 9.59 Å². The summed E-state index contributed by atoms with van der Waals surface area (Å²) in [7, 11) is 1.31. The monoisotopic (exact) mass is 268 g/mol. The molecule has 0 radical (unpaired) electrons. The minimum Gasteiger partial charge on any atom is -0.465 e. The Morgan fingerprint density at radius 3 is 2.74 bits per heavy atom. The molecule has 0 bridgehead atoms. The van der Waals surface area contributed by atoms with E-state index in [1.807, 2.05) is 0 Å². The van der Waals surface area contributed by atoms with E-state index in [-0.39, 0.29) is 12.6 Å². The molecule has 106 valence electrons. The number of unbranched alkanes of at least 4 members (excludes halogenated alkanes) is 1. The summed E-state index contributed by atoms with van der Waals surface area (Å²) in [6.45, 7) is 4.61. The molecule has 1 aromatic rings. The summed E-state index contributed by atoms with van der Waals surface area (Å²) in [5.41, 5.74) is 0.380. The number of carbonyl (C=O) groups is 2. The molecule has 2 amide bonds. The van der Waals surface area contributed by atoms with Crippen molar-refractivity contribution < 1.29 is 18.7 Å². The molecule has 6 nitrogen and oxygen atoms in total. The smallest absolute Gasteiger partial charge is 0.341 e. The Morgan fingerprint density at radius 1 is 1.37 bits per heavy atom. The third-order valence-corrected chi connectivity index (χ3v) is 2.61. The molecule has 0 aromatic carbocycles. The zero-order valence-corrected chi connectivity index (χ0v) is 11.5. The van der Waals surface area contributed by atoms with Crippen LogP contribution >= 0.6 is 0 Å². The normalized spacial score (nSPS) is 10.1. The van der Waals surface area contributed by atoms with Crippen LogP contribution in [0.4, 0.5) is 4.79 Å². The Kier molecular flexibility index (Phi) is 5.92. The average Bonchev–Trinajstić information content (AvgIpc) is 2.77. The number of amides is 2. The number of furan rings is 1. The van der Waals surface area contributed by atoms with Crippen molar-refractivity contribution in [3.63, 3.8) is 0 Å². The van der Waals surface area contributed by atoms with E-state index in [1.54, 1.807) is 13.0 Å². The Labute approximate surface area is 112 Å². The van der Waals surface area contributed by atoms with Crippen molar-refractivity contribution in [2.24, 2.45) is 0 Å². The number of esters is 1. The van der Waals surface area contributed by atoms with Gasteiger partial charge in [0, 0.05) is 6.54 Å². The highest BCUT2D eigenvalue weighted by Crippen LogP contribution is 2.15. The van der Waals surface area contributed by atoms with Crippen LogP contribution in [0, 0.1) is 6.92 Å². The Bertz CT molecular complexity index is 440. The first kappa shape index (κ1) is 15.1. The van der Waals surface area contributed by atoms with Gasteiger partial charge in [-0.1, -0.05) is 13.3 Å². The Morgan fingerprint density at radius 2 is 2.11 bits per heavy atom. The number of aryl methyl sites for hydroxylation is 1. The molecule has 0 aliphatic rings. The molecule has 6 heteroatoms. The number of rotatable bonds is 6. The fourth-order valence-electron chi connectivity index (χ4n) is 1.55. The van der Waals surface area contributed by atoms with Gasteiger partial charge < -0.3 is 19.8 Å². The summed E-state index contributed by atoms with van der Waals surface area (Å²) in [4.78, 5) is 22.8. The van der Waals surface area contributed by atoms with Crippen LogP contribution in [0.3, 0.4) is 0 Å². The van der Waals surface area contributed by atoms with Crippen molar-refractivity contribution in [3.8, 4) is 0 Å². The van der Waals surface area contributed by atoms with Gasteiger partial charge in [0.15, 0.2) is 0 Å². The first-order chi connectivity index (χ1) is 9.08. The molecule has 0 aliphatic carbocycles. The van der Waals surface area contributed by atoms with Crippen LogP contribution in [0.15, 0.2) is 10.5 Å².